The van der Waals surface area contributed by atoms with Crippen LogP contribution in [0.2, 0.25) is 0 Å². The van der Waals surface area contributed by atoms with E-state index in [1.165, 1.54) is 0 Å². The van der Waals surface area contributed by atoms with Crippen molar-refractivity contribution >= 4 is 0 Å². The van der Waals surface area contributed by atoms with Gasteiger partial charge in [0.2, 0.25) is 0 Å². The fourth-order valence-corrected chi connectivity index (χ4v) is 0.765. The number of hydrogen-bond acceptors (Lipinski definition) is 3. The third-order valence-corrected chi connectivity index (χ3v) is 1.31. The van der Waals surface area contributed by atoms with Gasteiger partial charge in [-0.05, 0) is 6.08 Å². The number of ether oxygens (including phenoxy) is 2. The molecule has 56 valence electrons. The standard InChI is InChI=1S/C7H11NO2/c1-9-6-3-4-8-7(5-6)10-2/h3,5,8H,4H2,1-2H3. The molecule has 1 aliphatic rings. The molecule has 0 radical (unpaired) electrons. The average Bonchev–Trinajstić information content (AvgIpc) is 2.05. The molecule has 0 spiro atoms. The number of nitrogens with one attached hydrogen (secondary N) is 1. The maximum atomic E-state index is 4.99. The summed E-state index contributed by atoms with van der Waals surface area (Å²) in [5.41, 5.74) is 0. The van der Waals surface area contributed by atoms with Crippen molar-refractivity contribution in [1.82, 2.24) is 5.32 Å². The van der Waals surface area contributed by atoms with Crippen LogP contribution in [0, 0.1) is 0 Å². The van der Waals surface area contributed by atoms with Crippen LogP contribution < -0.4 is 5.32 Å². The lowest BCUT2D eigenvalue weighted by Crippen LogP contribution is -2.18. The minimum absolute atomic E-state index is 0.749. The molecule has 0 aromatic heterocycles. The molecule has 1 N–H and O–H groups in total. The molecular weight excluding hydrogens is 130 g/mol. The van der Waals surface area contributed by atoms with E-state index in [-0.39, 0.29) is 0 Å². The average molecular weight is 141 g/mol. The lowest BCUT2D eigenvalue weighted by molar-refractivity contribution is 0.247. The van der Waals surface area contributed by atoms with E-state index in [4.69, 9.17) is 9.47 Å². The minimum atomic E-state index is 0.749. The third kappa shape index (κ3) is 1.43. The zero-order chi connectivity index (χ0) is 7.40. The van der Waals surface area contributed by atoms with Crippen molar-refractivity contribution < 1.29 is 9.47 Å². The molecule has 1 aliphatic heterocycles. The van der Waals surface area contributed by atoms with Crippen molar-refractivity contribution in [3.8, 4) is 0 Å². The van der Waals surface area contributed by atoms with Crippen LogP contribution in [-0.4, -0.2) is 20.8 Å². The first-order chi connectivity index (χ1) is 4.86. The Morgan fingerprint density at radius 1 is 1.40 bits per heavy atom. The van der Waals surface area contributed by atoms with E-state index in [9.17, 15) is 0 Å². The summed E-state index contributed by atoms with van der Waals surface area (Å²) in [5, 5.41) is 3.02. The molecular formula is C7H11NO2. The number of dihydropyridines is 1. The van der Waals surface area contributed by atoms with Crippen LogP contribution >= 0.6 is 0 Å². The first-order valence-corrected chi connectivity index (χ1v) is 3.10. The molecule has 10 heavy (non-hydrogen) atoms. The predicted octanol–water partition coefficient (Wildman–Crippen LogP) is 0.608. The van der Waals surface area contributed by atoms with Gasteiger partial charge in [0.05, 0.1) is 14.2 Å². The van der Waals surface area contributed by atoms with Crippen LogP contribution in [-0.2, 0) is 9.47 Å². The van der Waals surface area contributed by atoms with Crippen LogP contribution in [0.4, 0.5) is 0 Å². The summed E-state index contributed by atoms with van der Waals surface area (Å²) in [6, 6.07) is 0. The lowest BCUT2D eigenvalue weighted by atomic mass is 10.3. The van der Waals surface area contributed by atoms with E-state index >= 15 is 0 Å². The summed E-state index contributed by atoms with van der Waals surface area (Å²) in [6.45, 7) is 0.767. The largest absolute Gasteiger partial charge is 0.497 e. The normalized spacial score (nSPS) is 16.6. The molecule has 0 aliphatic carbocycles. The number of allylic oxidation sites excluding steroid dienone is 1. The van der Waals surface area contributed by atoms with Crippen molar-refractivity contribution in [3.05, 3.63) is 23.8 Å². The van der Waals surface area contributed by atoms with E-state index in [0.29, 0.717) is 0 Å². The van der Waals surface area contributed by atoms with Crippen molar-refractivity contribution in [2.24, 2.45) is 0 Å². The van der Waals surface area contributed by atoms with Gasteiger partial charge in [0.15, 0.2) is 5.88 Å². The van der Waals surface area contributed by atoms with Gasteiger partial charge in [-0.15, -0.1) is 0 Å². The Kier molecular flexibility index (Phi) is 2.20. The molecule has 0 bridgehead atoms. The van der Waals surface area contributed by atoms with E-state index in [0.717, 1.165) is 18.2 Å². The van der Waals surface area contributed by atoms with Gasteiger partial charge in [-0.2, -0.15) is 0 Å². The zero-order valence-corrected chi connectivity index (χ0v) is 6.18. The van der Waals surface area contributed by atoms with Crippen molar-refractivity contribution in [1.29, 1.82) is 0 Å². The molecule has 0 saturated heterocycles. The second-order valence-electron chi connectivity index (χ2n) is 1.90. The van der Waals surface area contributed by atoms with E-state index in [1.807, 2.05) is 12.2 Å². The maximum Gasteiger partial charge on any atom is 0.190 e. The Labute approximate surface area is 60.3 Å². The highest BCUT2D eigenvalue weighted by Gasteiger charge is 2.02. The highest BCUT2D eigenvalue weighted by atomic mass is 16.5. The molecule has 0 fully saturated rings. The quantitative estimate of drug-likeness (QED) is 0.611. The molecule has 0 aromatic rings. The Balaban J connectivity index is 2.61. The van der Waals surface area contributed by atoms with Gasteiger partial charge in [0.25, 0.3) is 0 Å². The number of methoxy groups -OCH3 is 2. The summed E-state index contributed by atoms with van der Waals surface area (Å²) in [6.07, 6.45) is 3.76. The second kappa shape index (κ2) is 3.15. The first kappa shape index (κ1) is 6.99. The number of hydrogen-bond donors (Lipinski definition) is 1. The molecule has 0 aromatic carbocycles. The second-order valence-corrected chi connectivity index (χ2v) is 1.90. The minimum Gasteiger partial charge on any atom is -0.497 e. The Morgan fingerprint density at radius 3 is 2.80 bits per heavy atom. The topological polar surface area (TPSA) is 30.5 Å². The molecule has 1 heterocycles. The Morgan fingerprint density at radius 2 is 2.20 bits per heavy atom. The third-order valence-electron chi connectivity index (χ3n) is 1.31. The summed E-state index contributed by atoms with van der Waals surface area (Å²) >= 11 is 0. The zero-order valence-electron chi connectivity index (χ0n) is 6.18. The van der Waals surface area contributed by atoms with Crippen LogP contribution in [0.1, 0.15) is 0 Å². The van der Waals surface area contributed by atoms with Crippen LogP contribution in [0.5, 0.6) is 0 Å². The van der Waals surface area contributed by atoms with Crippen LogP contribution in [0.3, 0.4) is 0 Å². The van der Waals surface area contributed by atoms with Gasteiger partial charge in [-0.1, -0.05) is 0 Å². The fourth-order valence-electron chi connectivity index (χ4n) is 0.765. The van der Waals surface area contributed by atoms with Crippen molar-refractivity contribution in [3.63, 3.8) is 0 Å². The summed E-state index contributed by atoms with van der Waals surface area (Å²) in [5.74, 6) is 1.59. The highest BCUT2D eigenvalue weighted by Crippen LogP contribution is 2.05. The SMILES string of the molecule is COC1=CCNC(OC)=C1. The smallest absolute Gasteiger partial charge is 0.190 e. The van der Waals surface area contributed by atoms with Crippen LogP contribution in [0.15, 0.2) is 23.8 Å². The van der Waals surface area contributed by atoms with Gasteiger partial charge < -0.3 is 14.8 Å². The first-order valence-electron chi connectivity index (χ1n) is 3.10. The van der Waals surface area contributed by atoms with E-state index < -0.39 is 0 Å². The maximum absolute atomic E-state index is 4.99. The van der Waals surface area contributed by atoms with Gasteiger partial charge in [0.1, 0.15) is 5.76 Å². The molecule has 0 amide bonds. The molecule has 1 rings (SSSR count). The summed E-state index contributed by atoms with van der Waals surface area (Å²) in [7, 11) is 3.26. The molecule has 0 atom stereocenters. The summed E-state index contributed by atoms with van der Waals surface area (Å²) in [4.78, 5) is 0. The van der Waals surface area contributed by atoms with Crippen molar-refractivity contribution in [2.75, 3.05) is 20.8 Å². The molecule has 3 heteroatoms. The molecule has 0 saturated carbocycles. The summed E-state index contributed by atoms with van der Waals surface area (Å²) < 4.78 is 9.94. The lowest BCUT2D eigenvalue weighted by Gasteiger charge is -2.13. The molecule has 3 nitrogen and oxygen atoms in total. The van der Waals surface area contributed by atoms with Gasteiger partial charge in [0, 0.05) is 12.6 Å². The van der Waals surface area contributed by atoms with E-state index in [1.54, 1.807) is 14.2 Å². The van der Waals surface area contributed by atoms with E-state index in [2.05, 4.69) is 5.32 Å². The fraction of sp³-hybridized carbons (Fsp3) is 0.429. The Hall–Kier alpha value is -1.12. The van der Waals surface area contributed by atoms with Crippen molar-refractivity contribution in [2.45, 2.75) is 0 Å². The number of rotatable bonds is 2. The highest BCUT2D eigenvalue weighted by molar-refractivity contribution is 5.19. The van der Waals surface area contributed by atoms with Gasteiger partial charge in [-0.3, -0.25) is 0 Å². The van der Waals surface area contributed by atoms with Gasteiger partial charge >= 0.3 is 0 Å². The predicted molar refractivity (Wildman–Crippen MR) is 38.2 cm³/mol. The molecule has 0 unspecified atom stereocenters. The monoisotopic (exact) mass is 141 g/mol. The van der Waals surface area contributed by atoms with Gasteiger partial charge in [-0.25, -0.2) is 0 Å². The Bertz CT molecular complexity index is 172. The van der Waals surface area contributed by atoms with Crippen LogP contribution in [0.25, 0.3) is 0 Å².